The Labute approximate surface area is 171 Å². The normalized spacial score (nSPS) is 14.1. The van der Waals surface area contributed by atoms with Crippen LogP contribution in [-0.4, -0.2) is 30.9 Å². The highest BCUT2D eigenvalue weighted by molar-refractivity contribution is 7.71. The molecule has 3 aromatic heterocycles. The van der Waals surface area contributed by atoms with Crippen LogP contribution in [0.2, 0.25) is 0 Å². The third-order valence-electron chi connectivity index (χ3n) is 4.66. The van der Waals surface area contributed by atoms with Gasteiger partial charge < -0.3 is 0 Å². The number of nitrogens with zero attached hydrogens (tertiary/aromatic N) is 5. The molecule has 8 heteroatoms. The molecule has 28 heavy (non-hydrogen) atoms. The second kappa shape index (κ2) is 7.29. The van der Waals surface area contributed by atoms with Crippen molar-refractivity contribution in [3.63, 3.8) is 0 Å². The Balaban J connectivity index is 1.51. The molecule has 0 atom stereocenters. The van der Waals surface area contributed by atoms with E-state index in [4.69, 9.17) is 17.3 Å². The smallest absolute Gasteiger partial charge is 0.216 e. The maximum atomic E-state index is 5.35. The van der Waals surface area contributed by atoms with Crippen LogP contribution in [0, 0.1) is 4.77 Å². The first-order valence-electron chi connectivity index (χ1n) is 9.15. The van der Waals surface area contributed by atoms with E-state index in [-0.39, 0.29) is 0 Å². The van der Waals surface area contributed by atoms with E-state index < -0.39 is 0 Å². The van der Waals surface area contributed by atoms with Gasteiger partial charge in [0.05, 0.1) is 17.6 Å². The average Bonchev–Trinajstić information content (AvgIpc) is 3.10. The van der Waals surface area contributed by atoms with Crippen molar-refractivity contribution in [2.45, 2.75) is 25.3 Å². The maximum Gasteiger partial charge on any atom is 0.216 e. The number of hydrogen-bond acceptors (Lipinski definition) is 5. The summed E-state index contributed by atoms with van der Waals surface area (Å²) in [5.41, 5.74) is 3.10. The van der Waals surface area contributed by atoms with Crippen LogP contribution < -0.4 is 0 Å². The number of aromatic nitrogens is 5. The van der Waals surface area contributed by atoms with Crippen LogP contribution in [-0.2, 0) is 6.54 Å². The van der Waals surface area contributed by atoms with E-state index in [1.807, 2.05) is 41.4 Å². The molecule has 3 heterocycles. The van der Waals surface area contributed by atoms with Crippen molar-refractivity contribution in [3.05, 3.63) is 75.8 Å². The molecule has 0 aliphatic heterocycles. The molecule has 1 saturated carbocycles. The number of hydrogen-bond donors (Lipinski definition) is 1. The second-order valence-corrected chi connectivity index (χ2v) is 8.15. The molecule has 0 unspecified atom stereocenters. The number of benzene rings is 1. The van der Waals surface area contributed by atoms with Crippen LogP contribution in [0.25, 0.3) is 10.6 Å². The summed E-state index contributed by atoms with van der Waals surface area (Å²) >= 11 is 7.02. The third kappa shape index (κ3) is 3.48. The van der Waals surface area contributed by atoms with E-state index in [1.54, 1.807) is 16.0 Å². The molecule has 140 valence electrons. The van der Waals surface area contributed by atoms with Crippen molar-refractivity contribution >= 4 is 29.8 Å². The first-order chi connectivity index (χ1) is 13.8. The fourth-order valence-electron chi connectivity index (χ4n) is 3.13. The highest BCUT2D eigenvalue weighted by Crippen LogP contribution is 2.38. The predicted molar refractivity (Wildman–Crippen MR) is 113 cm³/mol. The summed E-state index contributed by atoms with van der Waals surface area (Å²) in [6.45, 7) is 0.714. The number of thiophene rings is 1. The van der Waals surface area contributed by atoms with Gasteiger partial charge in [-0.25, -0.2) is 0 Å². The monoisotopic (exact) mass is 406 g/mol. The molecule has 4 aromatic rings. The van der Waals surface area contributed by atoms with E-state index in [0.29, 0.717) is 17.2 Å². The van der Waals surface area contributed by atoms with Gasteiger partial charge in [0, 0.05) is 17.7 Å². The lowest BCUT2D eigenvalue weighted by molar-refractivity contribution is 0.689. The van der Waals surface area contributed by atoms with Crippen molar-refractivity contribution in [2.75, 3.05) is 0 Å². The van der Waals surface area contributed by atoms with Crippen molar-refractivity contribution in [3.8, 4) is 10.6 Å². The van der Waals surface area contributed by atoms with Gasteiger partial charge in [0.1, 0.15) is 5.69 Å². The fourth-order valence-corrected chi connectivity index (χ4v) is 4.05. The summed E-state index contributed by atoms with van der Waals surface area (Å²) in [5.74, 6) is 1.37. The largest absolute Gasteiger partial charge is 0.267 e. The minimum atomic E-state index is 0.461. The van der Waals surface area contributed by atoms with Crippen LogP contribution in [0.1, 0.15) is 35.7 Å². The number of rotatable bonds is 6. The quantitative estimate of drug-likeness (QED) is 0.374. The molecule has 0 bridgehead atoms. The van der Waals surface area contributed by atoms with Crippen LogP contribution in [0.15, 0.2) is 59.1 Å². The molecule has 0 spiro atoms. The maximum absolute atomic E-state index is 5.35. The Kier molecular flexibility index (Phi) is 4.50. The minimum absolute atomic E-state index is 0.461. The third-order valence-corrected chi connectivity index (χ3v) is 5.80. The van der Waals surface area contributed by atoms with E-state index in [2.05, 4.69) is 38.9 Å². The Morgan fingerprint density at radius 3 is 2.82 bits per heavy atom. The summed E-state index contributed by atoms with van der Waals surface area (Å²) in [4.78, 5) is 1.12. The summed E-state index contributed by atoms with van der Waals surface area (Å²) < 4.78 is 4.22. The molecule has 0 radical (unpaired) electrons. The van der Waals surface area contributed by atoms with Gasteiger partial charge in [-0.05, 0) is 42.1 Å². The first kappa shape index (κ1) is 17.3. The standard InChI is InChI=1S/C20H18N6S2/c27-20-23-22-19(15-8-9-15)26(20)21-11-16-13-25(12-14-5-2-1-3-6-14)24-18(16)17-7-4-10-28-17/h1-7,10-11,13,15H,8-9,12H2,(H,23,27)/b21-11-. The van der Waals surface area contributed by atoms with Gasteiger partial charge in [0.2, 0.25) is 4.77 Å². The molecule has 0 amide bonds. The molecular weight excluding hydrogens is 388 g/mol. The molecule has 1 fully saturated rings. The lowest BCUT2D eigenvalue weighted by Gasteiger charge is -2.00. The number of aromatic amines is 1. The number of H-pyrrole nitrogens is 1. The molecule has 6 nitrogen and oxygen atoms in total. The van der Waals surface area contributed by atoms with Crippen molar-refractivity contribution < 1.29 is 0 Å². The lowest BCUT2D eigenvalue weighted by atomic mass is 10.2. The van der Waals surface area contributed by atoms with E-state index in [9.17, 15) is 0 Å². The molecular formula is C20H18N6S2. The SMILES string of the molecule is S=c1[nH]nc(C2CC2)n1/N=C\c1cn(Cc2ccccc2)nc1-c1cccs1. The summed E-state index contributed by atoms with van der Waals surface area (Å²) in [6, 6.07) is 14.4. The summed E-state index contributed by atoms with van der Waals surface area (Å²) in [7, 11) is 0. The Bertz CT molecular complexity index is 1160. The first-order valence-corrected chi connectivity index (χ1v) is 10.4. The Hall–Kier alpha value is -2.84. The molecule has 1 N–H and O–H groups in total. The van der Waals surface area contributed by atoms with E-state index >= 15 is 0 Å². The second-order valence-electron chi connectivity index (χ2n) is 6.81. The van der Waals surface area contributed by atoms with Gasteiger partial charge in [-0.2, -0.15) is 20.0 Å². The topological polar surface area (TPSA) is 63.8 Å². The summed E-state index contributed by atoms with van der Waals surface area (Å²) in [6.07, 6.45) is 6.15. The van der Waals surface area contributed by atoms with Crippen LogP contribution in [0.3, 0.4) is 0 Å². The molecule has 0 saturated heterocycles. The van der Waals surface area contributed by atoms with Crippen molar-refractivity contribution in [2.24, 2.45) is 5.10 Å². The van der Waals surface area contributed by atoms with Crippen LogP contribution in [0.5, 0.6) is 0 Å². The average molecular weight is 407 g/mol. The van der Waals surface area contributed by atoms with Gasteiger partial charge in [0.15, 0.2) is 5.82 Å². The fraction of sp³-hybridized carbons (Fsp3) is 0.200. The highest BCUT2D eigenvalue weighted by atomic mass is 32.1. The predicted octanol–water partition coefficient (Wildman–Crippen LogP) is 4.67. The lowest BCUT2D eigenvalue weighted by Crippen LogP contribution is -1.99. The number of nitrogens with one attached hydrogen (secondary N) is 1. The van der Waals surface area contributed by atoms with Gasteiger partial charge in [-0.1, -0.05) is 36.4 Å². The van der Waals surface area contributed by atoms with Gasteiger partial charge in [-0.3, -0.25) is 9.78 Å². The molecule has 1 aromatic carbocycles. The van der Waals surface area contributed by atoms with Crippen LogP contribution in [0.4, 0.5) is 0 Å². The molecule has 1 aliphatic rings. The van der Waals surface area contributed by atoms with Gasteiger partial charge >= 0.3 is 0 Å². The Morgan fingerprint density at radius 1 is 1.21 bits per heavy atom. The molecule has 5 rings (SSSR count). The highest BCUT2D eigenvalue weighted by Gasteiger charge is 2.29. The minimum Gasteiger partial charge on any atom is -0.267 e. The van der Waals surface area contributed by atoms with Crippen molar-refractivity contribution in [1.82, 2.24) is 24.7 Å². The summed E-state index contributed by atoms with van der Waals surface area (Å²) in [5, 5.41) is 18.7. The van der Waals surface area contributed by atoms with E-state index in [0.717, 1.165) is 34.8 Å². The zero-order valence-electron chi connectivity index (χ0n) is 15.0. The zero-order valence-corrected chi connectivity index (χ0v) is 16.7. The van der Waals surface area contributed by atoms with Gasteiger partial charge in [0.25, 0.3) is 0 Å². The van der Waals surface area contributed by atoms with Gasteiger partial charge in [-0.15, -0.1) is 11.3 Å². The zero-order chi connectivity index (χ0) is 18.9. The Morgan fingerprint density at radius 2 is 2.07 bits per heavy atom. The van der Waals surface area contributed by atoms with Crippen LogP contribution >= 0.6 is 23.6 Å². The van der Waals surface area contributed by atoms with Crippen molar-refractivity contribution in [1.29, 1.82) is 0 Å². The molecule has 1 aliphatic carbocycles. The van der Waals surface area contributed by atoms with E-state index in [1.165, 1.54) is 5.56 Å².